The van der Waals surface area contributed by atoms with Crippen molar-refractivity contribution in [1.82, 2.24) is 0 Å². The van der Waals surface area contributed by atoms with Crippen molar-refractivity contribution in [2.45, 2.75) is 19.7 Å². The number of nitrogens with one attached hydrogen (secondary N) is 1. The molecule has 0 aliphatic heterocycles. The number of ether oxygens (including phenoxy) is 2. The lowest BCUT2D eigenvalue weighted by atomic mass is 10.1. The molecule has 0 atom stereocenters. The third-order valence-corrected chi connectivity index (χ3v) is 4.93. The maximum Gasteiger partial charge on any atom is 0.573 e. The molecule has 0 aliphatic rings. The van der Waals surface area contributed by atoms with Crippen LogP contribution in [0.5, 0.6) is 5.75 Å². The maximum atomic E-state index is 12.4. The van der Waals surface area contributed by atoms with Crippen molar-refractivity contribution in [3.8, 4) is 16.9 Å². The zero-order valence-corrected chi connectivity index (χ0v) is 17.2. The highest BCUT2D eigenvalue weighted by Crippen LogP contribution is 2.31. The zero-order valence-electron chi connectivity index (χ0n) is 16.4. The molecule has 162 valence electrons. The molecule has 9 heteroatoms. The molecule has 1 heterocycles. The van der Waals surface area contributed by atoms with E-state index in [-0.39, 0.29) is 24.7 Å². The summed E-state index contributed by atoms with van der Waals surface area (Å²) < 4.78 is 45.6. The first-order valence-electron chi connectivity index (χ1n) is 9.24. The monoisotopic (exact) mass is 449 g/mol. The molecule has 1 N–H and O–H groups in total. The fraction of sp³-hybridized carbons (Fsp3) is 0.182. The van der Waals surface area contributed by atoms with Gasteiger partial charge in [0.25, 0.3) is 0 Å². The quantitative estimate of drug-likeness (QED) is 0.472. The Balaban J connectivity index is 1.61. The van der Waals surface area contributed by atoms with Crippen LogP contribution in [0.2, 0.25) is 0 Å². The summed E-state index contributed by atoms with van der Waals surface area (Å²) in [5, 5.41) is 5.17. The second kappa shape index (κ2) is 9.65. The van der Waals surface area contributed by atoms with Crippen LogP contribution in [0.4, 0.5) is 18.2 Å². The van der Waals surface area contributed by atoms with E-state index in [1.54, 1.807) is 42.6 Å². The molecule has 0 fully saturated rings. The van der Waals surface area contributed by atoms with Crippen molar-refractivity contribution >= 4 is 28.2 Å². The largest absolute Gasteiger partial charge is 0.573 e. The number of hydrogen-bond donors (Lipinski definition) is 1. The highest BCUT2D eigenvalue weighted by Gasteiger charge is 2.30. The first-order valence-corrected chi connectivity index (χ1v) is 10.1. The van der Waals surface area contributed by atoms with Gasteiger partial charge >= 0.3 is 12.3 Å². The van der Waals surface area contributed by atoms with Gasteiger partial charge in [-0.05, 0) is 53.9 Å². The molecule has 5 nitrogen and oxygen atoms in total. The van der Waals surface area contributed by atoms with Crippen molar-refractivity contribution < 1.29 is 32.2 Å². The summed E-state index contributed by atoms with van der Waals surface area (Å²) in [6.07, 6.45) is -4.67. The number of carbonyl (C=O) groups is 2. The molecule has 0 saturated carbocycles. The first-order chi connectivity index (χ1) is 14.7. The lowest BCUT2D eigenvalue weighted by Crippen LogP contribution is -2.16. The van der Waals surface area contributed by atoms with E-state index in [0.29, 0.717) is 21.7 Å². The normalized spacial score (nSPS) is 11.1. The Morgan fingerprint density at radius 2 is 1.77 bits per heavy atom. The van der Waals surface area contributed by atoms with E-state index in [9.17, 15) is 22.8 Å². The molecule has 31 heavy (non-hydrogen) atoms. The van der Waals surface area contributed by atoms with E-state index in [2.05, 4.69) is 10.1 Å². The number of anilines is 1. The smallest absolute Gasteiger partial charge is 0.462 e. The topological polar surface area (TPSA) is 64.6 Å². The Morgan fingerprint density at radius 1 is 1.03 bits per heavy atom. The summed E-state index contributed by atoms with van der Waals surface area (Å²) in [5.74, 6) is -1.01. The van der Waals surface area contributed by atoms with Gasteiger partial charge in [-0.1, -0.05) is 24.3 Å². The Hall–Kier alpha value is -3.33. The van der Waals surface area contributed by atoms with Crippen LogP contribution in [0.15, 0.2) is 60.0 Å². The Kier molecular flexibility index (Phi) is 6.96. The molecular formula is C22H18F3NO4S. The van der Waals surface area contributed by atoms with Gasteiger partial charge in [0.15, 0.2) is 0 Å². The summed E-state index contributed by atoms with van der Waals surface area (Å²) in [4.78, 5) is 24.2. The molecule has 1 aromatic heterocycles. The molecule has 1 amide bonds. The van der Waals surface area contributed by atoms with Gasteiger partial charge in [-0.15, -0.1) is 24.5 Å². The number of halogens is 3. The van der Waals surface area contributed by atoms with Gasteiger partial charge < -0.3 is 14.8 Å². The van der Waals surface area contributed by atoms with Gasteiger partial charge in [0.05, 0.1) is 23.6 Å². The fourth-order valence-corrected chi connectivity index (χ4v) is 3.62. The number of esters is 1. The second-order valence-electron chi connectivity index (χ2n) is 6.42. The molecular weight excluding hydrogens is 431 g/mol. The predicted octanol–water partition coefficient (Wildman–Crippen LogP) is 5.67. The van der Waals surface area contributed by atoms with E-state index in [1.807, 2.05) is 0 Å². The minimum atomic E-state index is -4.74. The van der Waals surface area contributed by atoms with Crippen LogP contribution in [0.25, 0.3) is 11.1 Å². The average molecular weight is 449 g/mol. The minimum absolute atomic E-state index is 0.0734. The number of rotatable bonds is 7. The van der Waals surface area contributed by atoms with Crippen LogP contribution in [0.3, 0.4) is 0 Å². The van der Waals surface area contributed by atoms with E-state index in [0.717, 1.165) is 5.56 Å². The van der Waals surface area contributed by atoms with E-state index < -0.39 is 12.3 Å². The fourth-order valence-electron chi connectivity index (χ4n) is 2.79. The highest BCUT2D eigenvalue weighted by atomic mass is 32.1. The van der Waals surface area contributed by atoms with Crippen LogP contribution in [0.1, 0.15) is 22.8 Å². The minimum Gasteiger partial charge on any atom is -0.462 e. The molecule has 3 rings (SSSR count). The third kappa shape index (κ3) is 6.58. The molecule has 0 spiro atoms. The lowest BCUT2D eigenvalue weighted by molar-refractivity contribution is -0.274. The van der Waals surface area contributed by atoms with E-state index in [4.69, 9.17) is 4.74 Å². The van der Waals surface area contributed by atoms with Crippen LogP contribution >= 0.6 is 11.3 Å². The van der Waals surface area contributed by atoms with Gasteiger partial charge in [-0.3, -0.25) is 4.79 Å². The third-order valence-electron chi connectivity index (χ3n) is 4.09. The van der Waals surface area contributed by atoms with Gasteiger partial charge in [0.1, 0.15) is 5.75 Å². The first kappa shape index (κ1) is 22.4. The van der Waals surface area contributed by atoms with Crippen LogP contribution < -0.4 is 10.1 Å². The van der Waals surface area contributed by atoms with Gasteiger partial charge in [-0.2, -0.15) is 0 Å². The average Bonchev–Trinajstić information content (AvgIpc) is 3.16. The van der Waals surface area contributed by atoms with Gasteiger partial charge in [-0.25, -0.2) is 4.79 Å². The van der Waals surface area contributed by atoms with E-state index >= 15 is 0 Å². The second-order valence-corrected chi connectivity index (χ2v) is 7.33. The standard InChI is InChI=1S/C22H18F3NO4S/c1-2-29-21(28)16-5-3-4-14(10-16)11-19(27)26-20-12-17(13-31-20)15-6-8-18(9-7-15)30-22(23,24)25/h3-10,12-13H,2,11H2,1H3,(H,26,27). The van der Waals surface area contributed by atoms with Crippen molar-refractivity contribution in [1.29, 1.82) is 0 Å². The summed E-state index contributed by atoms with van der Waals surface area (Å²) >= 11 is 1.29. The van der Waals surface area contributed by atoms with Gasteiger partial charge in [0.2, 0.25) is 5.91 Å². The summed E-state index contributed by atoms with van der Waals surface area (Å²) in [7, 11) is 0. The zero-order chi connectivity index (χ0) is 22.4. The highest BCUT2D eigenvalue weighted by molar-refractivity contribution is 7.14. The molecule has 0 radical (unpaired) electrons. The number of benzene rings is 2. The van der Waals surface area contributed by atoms with Crippen molar-refractivity contribution in [2.75, 3.05) is 11.9 Å². The molecule has 0 unspecified atom stereocenters. The Morgan fingerprint density at radius 3 is 2.45 bits per heavy atom. The predicted molar refractivity (Wildman–Crippen MR) is 111 cm³/mol. The van der Waals surface area contributed by atoms with Crippen LogP contribution in [-0.4, -0.2) is 24.8 Å². The summed E-state index contributed by atoms with van der Waals surface area (Å²) in [6.45, 7) is 1.98. The summed E-state index contributed by atoms with van der Waals surface area (Å²) in [5.41, 5.74) is 2.49. The van der Waals surface area contributed by atoms with Crippen molar-refractivity contribution in [2.24, 2.45) is 0 Å². The van der Waals surface area contributed by atoms with Crippen LogP contribution in [0, 0.1) is 0 Å². The van der Waals surface area contributed by atoms with Crippen LogP contribution in [-0.2, 0) is 16.0 Å². The lowest BCUT2D eigenvalue weighted by Gasteiger charge is -2.08. The number of carbonyl (C=O) groups excluding carboxylic acids is 2. The molecule has 3 aromatic rings. The molecule has 2 aromatic carbocycles. The molecule has 0 saturated heterocycles. The maximum absolute atomic E-state index is 12.4. The number of hydrogen-bond acceptors (Lipinski definition) is 5. The SMILES string of the molecule is CCOC(=O)c1cccc(CC(=O)Nc2cc(-c3ccc(OC(F)(F)F)cc3)cs2)c1. The Labute approximate surface area is 180 Å². The summed E-state index contributed by atoms with van der Waals surface area (Å²) in [6, 6.07) is 13.9. The van der Waals surface area contributed by atoms with E-state index in [1.165, 1.54) is 35.6 Å². The number of thiophene rings is 1. The number of alkyl halides is 3. The Bertz CT molecular complexity index is 1060. The van der Waals surface area contributed by atoms with Crippen molar-refractivity contribution in [3.63, 3.8) is 0 Å². The molecule has 0 bridgehead atoms. The number of amides is 1. The van der Waals surface area contributed by atoms with Crippen molar-refractivity contribution in [3.05, 3.63) is 71.1 Å². The van der Waals surface area contributed by atoms with Gasteiger partial charge in [0, 0.05) is 5.38 Å². The molecule has 0 aliphatic carbocycles.